The van der Waals surface area contributed by atoms with Crippen LogP contribution in [0.2, 0.25) is 0 Å². The first-order valence-electron chi connectivity index (χ1n) is 6.41. The molecule has 0 unspecified atom stereocenters. The van der Waals surface area contributed by atoms with Crippen molar-refractivity contribution in [1.82, 2.24) is 4.98 Å². The van der Waals surface area contributed by atoms with Gasteiger partial charge in [0.2, 0.25) is 0 Å². The molecular weight excluding hydrogens is 283 g/mol. The van der Waals surface area contributed by atoms with Crippen LogP contribution in [-0.4, -0.2) is 4.98 Å². The molecule has 0 saturated carbocycles. The Labute approximate surface area is 120 Å². The van der Waals surface area contributed by atoms with E-state index in [0.29, 0.717) is 11.5 Å². The number of halogens is 3. The maximum Gasteiger partial charge on any atom is 0.420 e. The molecule has 0 radical (unpaired) electrons. The average molecular weight is 299 g/mol. The zero-order valence-electron chi connectivity index (χ0n) is 12.0. The molecule has 2 heterocycles. The van der Waals surface area contributed by atoms with Crippen molar-refractivity contribution in [3.05, 3.63) is 47.7 Å². The van der Waals surface area contributed by atoms with E-state index in [0.717, 1.165) is 12.3 Å². The standard InChI is InChI=1S/C15H16F3NO2/c1-14(2,3)13-7-11(15(16,17)18)12(8-19-13)21-9-10-5-4-6-20-10/h4-8H,9H2,1-3H3. The Morgan fingerprint density at radius 3 is 2.48 bits per heavy atom. The monoisotopic (exact) mass is 299 g/mol. The normalized spacial score (nSPS) is 12.5. The summed E-state index contributed by atoms with van der Waals surface area (Å²) < 4.78 is 49.7. The lowest BCUT2D eigenvalue weighted by molar-refractivity contribution is -0.139. The predicted octanol–water partition coefficient (Wildman–Crippen LogP) is 4.57. The molecule has 2 rings (SSSR count). The van der Waals surface area contributed by atoms with E-state index in [-0.39, 0.29) is 12.4 Å². The second-order valence-electron chi connectivity index (χ2n) is 5.68. The van der Waals surface area contributed by atoms with Crippen molar-refractivity contribution in [2.24, 2.45) is 0 Å². The molecule has 0 bridgehead atoms. The van der Waals surface area contributed by atoms with Crippen LogP contribution in [0.25, 0.3) is 0 Å². The maximum absolute atomic E-state index is 13.2. The number of hydrogen-bond donors (Lipinski definition) is 0. The molecule has 2 aromatic heterocycles. The number of alkyl halides is 3. The van der Waals surface area contributed by atoms with Crippen LogP contribution in [0.15, 0.2) is 35.1 Å². The highest BCUT2D eigenvalue weighted by atomic mass is 19.4. The number of furan rings is 1. The molecule has 0 aliphatic rings. The Kier molecular flexibility index (Phi) is 3.98. The lowest BCUT2D eigenvalue weighted by Gasteiger charge is -2.21. The van der Waals surface area contributed by atoms with Crippen LogP contribution in [0.1, 0.15) is 37.8 Å². The van der Waals surface area contributed by atoms with Crippen molar-refractivity contribution >= 4 is 0 Å². The molecule has 0 amide bonds. The molecule has 0 fully saturated rings. The number of hydrogen-bond acceptors (Lipinski definition) is 3. The summed E-state index contributed by atoms with van der Waals surface area (Å²) in [6.45, 7) is 5.34. The van der Waals surface area contributed by atoms with E-state index in [1.807, 2.05) is 0 Å². The Morgan fingerprint density at radius 1 is 1.24 bits per heavy atom. The number of pyridine rings is 1. The fraction of sp³-hybridized carbons (Fsp3) is 0.400. The summed E-state index contributed by atoms with van der Waals surface area (Å²) >= 11 is 0. The summed E-state index contributed by atoms with van der Waals surface area (Å²) in [6.07, 6.45) is -1.95. The van der Waals surface area contributed by atoms with E-state index >= 15 is 0 Å². The van der Waals surface area contributed by atoms with Gasteiger partial charge in [0.15, 0.2) is 5.75 Å². The lowest BCUT2D eigenvalue weighted by Crippen LogP contribution is -2.17. The first kappa shape index (κ1) is 15.4. The van der Waals surface area contributed by atoms with Crippen LogP contribution in [0.4, 0.5) is 13.2 Å². The summed E-state index contributed by atoms with van der Waals surface area (Å²) in [6, 6.07) is 4.31. The molecule has 0 aliphatic heterocycles. The second-order valence-corrected chi connectivity index (χ2v) is 5.68. The van der Waals surface area contributed by atoms with Gasteiger partial charge in [-0.2, -0.15) is 13.2 Å². The fourth-order valence-electron chi connectivity index (χ4n) is 1.73. The highest BCUT2D eigenvalue weighted by Gasteiger charge is 2.36. The lowest BCUT2D eigenvalue weighted by atomic mass is 9.90. The fourth-order valence-corrected chi connectivity index (χ4v) is 1.73. The number of aromatic nitrogens is 1. The number of rotatable bonds is 3. The van der Waals surface area contributed by atoms with Crippen molar-refractivity contribution in [2.45, 2.75) is 39.0 Å². The van der Waals surface area contributed by atoms with E-state index in [2.05, 4.69) is 4.98 Å². The van der Waals surface area contributed by atoms with Crippen LogP contribution in [0, 0.1) is 0 Å². The van der Waals surface area contributed by atoms with Gasteiger partial charge in [-0.3, -0.25) is 4.98 Å². The molecule has 0 atom stereocenters. The van der Waals surface area contributed by atoms with Crippen LogP contribution >= 0.6 is 0 Å². The van der Waals surface area contributed by atoms with E-state index < -0.39 is 17.2 Å². The van der Waals surface area contributed by atoms with Crippen molar-refractivity contribution in [1.29, 1.82) is 0 Å². The molecule has 114 valence electrons. The minimum absolute atomic E-state index is 0.0768. The van der Waals surface area contributed by atoms with Crippen molar-refractivity contribution in [2.75, 3.05) is 0 Å². The van der Waals surface area contributed by atoms with Gasteiger partial charge < -0.3 is 9.15 Å². The Morgan fingerprint density at radius 2 is 1.95 bits per heavy atom. The molecule has 2 aromatic rings. The van der Waals surface area contributed by atoms with Gasteiger partial charge in [0, 0.05) is 11.1 Å². The Hall–Kier alpha value is -1.98. The SMILES string of the molecule is CC(C)(C)c1cc(C(F)(F)F)c(OCc2ccco2)cn1. The highest BCUT2D eigenvalue weighted by Crippen LogP contribution is 2.38. The maximum atomic E-state index is 13.2. The van der Waals surface area contributed by atoms with Crippen LogP contribution in [0.3, 0.4) is 0 Å². The van der Waals surface area contributed by atoms with E-state index in [1.54, 1.807) is 32.9 Å². The molecule has 0 N–H and O–H groups in total. The largest absolute Gasteiger partial charge is 0.483 e. The first-order chi connectivity index (χ1) is 9.68. The molecule has 0 aliphatic carbocycles. The van der Waals surface area contributed by atoms with Gasteiger partial charge in [0.1, 0.15) is 17.9 Å². The minimum Gasteiger partial charge on any atom is -0.483 e. The quantitative estimate of drug-likeness (QED) is 0.832. The molecular formula is C15H16F3NO2. The van der Waals surface area contributed by atoms with Crippen molar-refractivity contribution in [3.8, 4) is 5.75 Å². The van der Waals surface area contributed by atoms with Gasteiger partial charge in [-0.05, 0) is 18.2 Å². The highest BCUT2D eigenvalue weighted by molar-refractivity contribution is 5.36. The first-order valence-corrected chi connectivity index (χ1v) is 6.41. The molecule has 3 nitrogen and oxygen atoms in total. The third kappa shape index (κ3) is 3.77. The van der Waals surface area contributed by atoms with Gasteiger partial charge in [0.05, 0.1) is 12.5 Å². The Bertz CT molecular complexity index is 598. The molecule has 21 heavy (non-hydrogen) atoms. The predicted molar refractivity (Wildman–Crippen MR) is 71.0 cm³/mol. The summed E-state index contributed by atoms with van der Waals surface area (Å²) in [5.41, 5.74) is -0.936. The molecule has 0 spiro atoms. The Balaban J connectivity index is 2.32. The smallest absolute Gasteiger partial charge is 0.420 e. The van der Waals surface area contributed by atoms with Gasteiger partial charge in [-0.25, -0.2) is 0 Å². The summed E-state index contributed by atoms with van der Waals surface area (Å²) in [4.78, 5) is 4.07. The summed E-state index contributed by atoms with van der Waals surface area (Å²) in [7, 11) is 0. The van der Waals surface area contributed by atoms with Crippen molar-refractivity contribution in [3.63, 3.8) is 0 Å². The average Bonchev–Trinajstić information content (AvgIpc) is 2.87. The third-order valence-corrected chi connectivity index (χ3v) is 2.89. The van der Waals surface area contributed by atoms with Gasteiger partial charge in [-0.1, -0.05) is 20.8 Å². The van der Waals surface area contributed by atoms with E-state index in [4.69, 9.17) is 9.15 Å². The van der Waals surface area contributed by atoms with Crippen LogP contribution in [-0.2, 0) is 18.2 Å². The van der Waals surface area contributed by atoms with Crippen LogP contribution < -0.4 is 4.74 Å². The number of ether oxygens (including phenoxy) is 1. The van der Waals surface area contributed by atoms with Gasteiger partial charge >= 0.3 is 6.18 Å². The van der Waals surface area contributed by atoms with Gasteiger partial charge in [0.25, 0.3) is 0 Å². The van der Waals surface area contributed by atoms with Crippen LogP contribution in [0.5, 0.6) is 5.75 Å². The zero-order chi connectivity index (χ0) is 15.7. The summed E-state index contributed by atoms with van der Waals surface area (Å²) in [5.74, 6) is 0.148. The zero-order valence-corrected chi connectivity index (χ0v) is 12.0. The molecule has 0 aromatic carbocycles. The van der Waals surface area contributed by atoms with Crippen molar-refractivity contribution < 1.29 is 22.3 Å². The minimum atomic E-state index is -4.50. The topological polar surface area (TPSA) is 35.3 Å². The second kappa shape index (κ2) is 5.42. The summed E-state index contributed by atoms with van der Waals surface area (Å²) in [5, 5.41) is 0. The molecule has 0 saturated heterocycles. The van der Waals surface area contributed by atoms with Gasteiger partial charge in [-0.15, -0.1) is 0 Å². The third-order valence-electron chi connectivity index (χ3n) is 2.89. The van der Waals surface area contributed by atoms with E-state index in [9.17, 15) is 13.2 Å². The number of nitrogens with zero attached hydrogens (tertiary/aromatic N) is 1. The van der Waals surface area contributed by atoms with E-state index in [1.165, 1.54) is 6.26 Å². The molecule has 6 heteroatoms.